The second-order valence-corrected chi connectivity index (χ2v) is 5.92. The summed E-state index contributed by atoms with van der Waals surface area (Å²) >= 11 is 6.77. The molecule has 1 amide bonds. The predicted octanol–water partition coefficient (Wildman–Crippen LogP) is 3.42. The molecule has 0 aliphatic carbocycles. The minimum atomic E-state index is 0.0374. The highest BCUT2D eigenvalue weighted by atomic mass is 79.9. The molecule has 1 heterocycles. The zero-order valence-corrected chi connectivity index (χ0v) is 12.6. The minimum Gasteiger partial charge on any atom is -0.398 e. The number of benzene rings is 1. The van der Waals surface area contributed by atoms with Crippen LogP contribution in [0, 0.1) is 0 Å². The molecule has 17 heavy (non-hydrogen) atoms. The van der Waals surface area contributed by atoms with Gasteiger partial charge in [0.05, 0.1) is 5.56 Å². The summed E-state index contributed by atoms with van der Waals surface area (Å²) in [5.74, 6) is 0.0374. The molecule has 0 bridgehead atoms. The number of nitrogens with zero attached hydrogens (tertiary/aromatic N) is 1. The number of hydrogen-bond donors (Lipinski definition) is 1. The summed E-state index contributed by atoms with van der Waals surface area (Å²) in [7, 11) is 0. The molecular weight excluding hydrogens is 348 g/mol. The number of nitrogens with two attached hydrogens (primary N) is 1. The van der Waals surface area contributed by atoms with Crippen molar-refractivity contribution in [3.63, 3.8) is 0 Å². The Hall–Kier alpha value is -0.550. The lowest BCUT2D eigenvalue weighted by Gasteiger charge is -2.27. The van der Waals surface area contributed by atoms with Gasteiger partial charge >= 0.3 is 0 Å². The standard InChI is InChI=1S/C12H14Br2N2O/c13-9-6-8(11(15)7-10(9)14)12(17)16-4-2-1-3-5-16/h6-7H,1-5,15H2. The SMILES string of the molecule is Nc1cc(Br)c(Br)cc1C(=O)N1CCCCC1. The molecule has 0 radical (unpaired) electrons. The molecule has 1 aromatic carbocycles. The van der Waals surface area contributed by atoms with E-state index in [1.165, 1.54) is 6.42 Å². The van der Waals surface area contributed by atoms with Crippen LogP contribution in [-0.2, 0) is 0 Å². The number of likely N-dealkylation sites (tertiary alicyclic amines) is 1. The predicted molar refractivity (Wildman–Crippen MR) is 76.0 cm³/mol. The van der Waals surface area contributed by atoms with E-state index in [0.29, 0.717) is 11.3 Å². The molecule has 5 heteroatoms. The van der Waals surface area contributed by atoms with Crippen molar-refractivity contribution in [3.05, 3.63) is 26.6 Å². The van der Waals surface area contributed by atoms with Gasteiger partial charge in [-0.15, -0.1) is 0 Å². The van der Waals surface area contributed by atoms with Crippen molar-refractivity contribution < 1.29 is 4.79 Å². The van der Waals surface area contributed by atoms with Gasteiger partial charge in [0.25, 0.3) is 5.91 Å². The molecule has 2 rings (SSSR count). The van der Waals surface area contributed by atoms with E-state index in [1.807, 2.05) is 4.90 Å². The average Bonchev–Trinajstić information content (AvgIpc) is 2.34. The molecular formula is C12H14Br2N2O. The van der Waals surface area contributed by atoms with Gasteiger partial charge in [-0.05, 0) is 63.3 Å². The molecule has 92 valence electrons. The second kappa shape index (κ2) is 5.40. The fourth-order valence-corrected chi connectivity index (χ4v) is 2.72. The summed E-state index contributed by atoms with van der Waals surface area (Å²) in [6.45, 7) is 1.68. The molecule has 1 fully saturated rings. The summed E-state index contributed by atoms with van der Waals surface area (Å²) in [5.41, 5.74) is 7.01. The fourth-order valence-electron chi connectivity index (χ4n) is 2.01. The van der Waals surface area contributed by atoms with E-state index in [9.17, 15) is 4.79 Å². The maximum atomic E-state index is 12.3. The van der Waals surface area contributed by atoms with Crippen molar-refractivity contribution >= 4 is 43.5 Å². The van der Waals surface area contributed by atoms with Crippen molar-refractivity contribution in [1.82, 2.24) is 4.90 Å². The highest BCUT2D eigenvalue weighted by Crippen LogP contribution is 2.29. The Kier molecular flexibility index (Phi) is 4.09. The molecule has 1 saturated heterocycles. The first-order valence-electron chi connectivity index (χ1n) is 5.63. The van der Waals surface area contributed by atoms with Crippen LogP contribution in [0.25, 0.3) is 0 Å². The van der Waals surface area contributed by atoms with Gasteiger partial charge in [0.2, 0.25) is 0 Å². The van der Waals surface area contributed by atoms with Crippen LogP contribution >= 0.6 is 31.9 Å². The molecule has 0 unspecified atom stereocenters. The highest BCUT2D eigenvalue weighted by molar-refractivity contribution is 9.13. The molecule has 0 atom stereocenters. The van der Waals surface area contributed by atoms with Crippen LogP contribution in [0.5, 0.6) is 0 Å². The molecule has 0 saturated carbocycles. The third kappa shape index (κ3) is 2.83. The number of piperidine rings is 1. The lowest BCUT2D eigenvalue weighted by atomic mass is 10.1. The highest BCUT2D eigenvalue weighted by Gasteiger charge is 2.20. The molecule has 0 spiro atoms. The number of carbonyl (C=O) groups excluding carboxylic acids is 1. The first-order valence-corrected chi connectivity index (χ1v) is 7.22. The molecule has 3 nitrogen and oxygen atoms in total. The summed E-state index contributed by atoms with van der Waals surface area (Å²) in [6, 6.07) is 3.55. The van der Waals surface area contributed by atoms with Gasteiger partial charge in [-0.25, -0.2) is 0 Å². The zero-order chi connectivity index (χ0) is 12.4. The van der Waals surface area contributed by atoms with Gasteiger partial charge in [-0.1, -0.05) is 0 Å². The van der Waals surface area contributed by atoms with Crippen LogP contribution < -0.4 is 5.73 Å². The van der Waals surface area contributed by atoms with E-state index < -0.39 is 0 Å². The van der Waals surface area contributed by atoms with Crippen molar-refractivity contribution in [2.24, 2.45) is 0 Å². The van der Waals surface area contributed by atoms with Gasteiger partial charge < -0.3 is 10.6 Å². The minimum absolute atomic E-state index is 0.0374. The molecule has 1 aliphatic heterocycles. The lowest BCUT2D eigenvalue weighted by molar-refractivity contribution is 0.0725. The topological polar surface area (TPSA) is 46.3 Å². The number of halogens is 2. The van der Waals surface area contributed by atoms with E-state index in [2.05, 4.69) is 31.9 Å². The number of carbonyl (C=O) groups is 1. The Bertz CT molecular complexity index is 442. The number of nitrogen functional groups attached to an aromatic ring is 1. The van der Waals surface area contributed by atoms with Crippen molar-refractivity contribution in [1.29, 1.82) is 0 Å². The fraction of sp³-hybridized carbons (Fsp3) is 0.417. The van der Waals surface area contributed by atoms with E-state index in [1.54, 1.807) is 12.1 Å². The third-order valence-corrected chi connectivity index (χ3v) is 4.81. The van der Waals surface area contributed by atoms with Crippen LogP contribution in [0.3, 0.4) is 0 Å². The number of rotatable bonds is 1. The monoisotopic (exact) mass is 360 g/mol. The number of amides is 1. The van der Waals surface area contributed by atoms with Gasteiger partial charge in [0.15, 0.2) is 0 Å². The van der Waals surface area contributed by atoms with E-state index >= 15 is 0 Å². The van der Waals surface area contributed by atoms with E-state index in [4.69, 9.17) is 5.73 Å². The van der Waals surface area contributed by atoms with Crippen molar-refractivity contribution in [2.75, 3.05) is 18.8 Å². The Morgan fingerprint density at radius 1 is 1.12 bits per heavy atom. The Morgan fingerprint density at radius 2 is 1.71 bits per heavy atom. The Balaban J connectivity index is 2.26. The van der Waals surface area contributed by atoms with Crippen LogP contribution in [0.2, 0.25) is 0 Å². The first kappa shape index (κ1) is 12.9. The summed E-state index contributed by atoms with van der Waals surface area (Å²) < 4.78 is 1.72. The van der Waals surface area contributed by atoms with Crippen LogP contribution in [0.4, 0.5) is 5.69 Å². The Labute approximate surface area is 118 Å². The molecule has 0 aromatic heterocycles. The lowest BCUT2D eigenvalue weighted by Crippen LogP contribution is -2.36. The number of hydrogen-bond acceptors (Lipinski definition) is 2. The number of anilines is 1. The molecule has 1 aliphatic rings. The molecule has 1 aromatic rings. The summed E-state index contributed by atoms with van der Waals surface area (Å²) in [4.78, 5) is 14.2. The van der Waals surface area contributed by atoms with Crippen LogP contribution in [-0.4, -0.2) is 23.9 Å². The Morgan fingerprint density at radius 3 is 2.35 bits per heavy atom. The van der Waals surface area contributed by atoms with Gasteiger partial charge in [0, 0.05) is 27.7 Å². The quantitative estimate of drug-likeness (QED) is 0.779. The second-order valence-electron chi connectivity index (χ2n) is 4.21. The normalized spacial score (nSPS) is 16.0. The van der Waals surface area contributed by atoms with Crippen LogP contribution in [0.1, 0.15) is 29.6 Å². The van der Waals surface area contributed by atoms with Crippen molar-refractivity contribution in [2.45, 2.75) is 19.3 Å². The zero-order valence-electron chi connectivity index (χ0n) is 9.38. The largest absolute Gasteiger partial charge is 0.398 e. The van der Waals surface area contributed by atoms with Gasteiger partial charge in [0.1, 0.15) is 0 Å². The average molecular weight is 362 g/mol. The summed E-state index contributed by atoms with van der Waals surface area (Å²) in [6.07, 6.45) is 3.38. The smallest absolute Gasteiger partial charge is 0.255 e. The van der Waals surface area contributed by atoms with Gasteiger partial charge in [-0.3, -0.25) is 4.79 Å². The molecule has 2 N–H and O–H groups in total. The maximum absolute atomic E-state index is 12.3. The van der Waals surface area contributed by atoms with E-state index in [0.717, 1.165) is 34.9 Å². The van der Waals surface area contributed by atoms with Gasteiger partial charge in [-0.2, -0.15) is 0 Å². The van der Waals surface area contributed by atoms with Crippen molar-refractivity contribution in [3.8, 4) is 0 Å². The summed E-state index contributed by atoms with van der Waals surface area (Å²) in [5, 5.41) is 0. The van der Waals surface area contributed by atoms with E-state index in [-0.39, 0.29) is 5.91 Å². The maximum Gasteiger partial charge on any atom is 0.255 e. The first-order chi connectivity index (χ1) is 8.09. The van der Waals surface area contributed by atoms with Crippen LogP contribution in [0.15, 0.2) is 21.1 Å². The third-order valence-electron chi connectivity index (χ3n) is 2.97.